The van der Waals surface area contributed by atoms with Crippen LogP contribution in [0.1, 0.15) is 19.4 Å². The van der Waals surface area contributed by atoms with Gasteiger partial charge in [-0.15, -0.1) is 0 Å². The van der Waals surface area contributed by atoms with Crippen LogP contribution in [0.4, 0.5) is 5.69 Å². The lowest BCUT2D eigenvalue weighted by Gasteiger charge is -2.18. The quantitative estimate of drug-likeness (QED) is 0.586. The van der Waals surface area contributed by atoms with E-state index in [2.05, 4.69) is 0 Å². The molecule has 0 fully saturated rings. The molecule has 0 bridgehead atoms. The highest BCUT2D eigenvalue weighted by Gasteiger charge is 2.10. The molecule has 0 aliphatic rings. The van der Waals surface area contributed by atoms with Crippen LogP contribution < -0.4 is 10.5 Å². The molecule has 96 valence electrons. The molecule has 4 nitrogen and oxygen atoms in total. The summed E-state index contributed by atoms with van der Waals surface area (Å²) in [5, 5.41) is 0. The third kappa shape index (κ3) is 4.63. The lowest BCUT2D eigenvalue weighted by Crippen LogP contribution is -2.25. The molecule has 17 heavy (non-hydrogen) atoms. The number of rotatable bonds is 7. The number of nitrogens with two attached hydrogens (primary N) is 1. The molecule has 0 heterocycles. The minimum absolute atomic E-state index is 0.343. The summed E-state index contributed by atoms with van der Waals surface area (Å²) in [6, 6.07) is 5.69. The molecule has 0 aliphatic carbocycles. The minimum atomic E-state index is -0.343. The van der Waals surface area contributed by atoms with Gasteiger partial charge >= 0.3 is 0 Å². The van der Waals surface area contributed by atoms with E-state index in [1.165, 1.54) is 0 Å². The van der Waals surface area contributed by atoms with Crippen LogP contribution in [0.3, 0.4) is 0 Å². The van der Waals surface area contributed by atoms with Gasteiger partial charge in [-0.3, -0.25) is 0 Å². The van der Waals surface area contributed by atoms with Gasteiger partial charge in [-0.05, 0) is 38.5 Å². The molecule has 0 saturated carbocycles. The molecule has 0 aliphatic heterocycles. The Kier molecular flexibility index (Phi) is 5.80. The molecule has 0 unspecified atom stereocenters. The summed E-state index contributed by atoms with van der Waals surface area (Å²) in [6.45, 7) is 7.37. The van der Waals surface area contributed by atoms with Crippen molar-refractivity contribution in [2.45, 2.75) is 27.1 Å². The predicted octanol–water partition coefficient (Wildman–Crippen LogP) is 2.36. The maximum absolute atomic E-state index is 5.82. The van der Waals surface area contributed by atoms with Crippen LogP contribution in [0.2, 0.25) is 0 Å². The zero-order valence-corrected chi connectivity index (χ0v) is 10.7. The summed E-state index contributed by atoms with van der Waals surface area (Å²) >= 11 is 0. The topological polar surface area (TPSA) is 53.7 Å². The molecular weight excluding hydrogens is 218 g/mol. The van der Waals surface area contributed by atoms with E-state index in [-0.39, 0.29) is 6.29 Å². The summed E-state index contributed by atoms with van der Waals surface area (Å²) in [5.74, 6) is 0.675. The lowest BCUT2D eigenvalue weighted by atomic mass is 10.2. The second kappa shape index (κ2) is 7.14. The summed E-state index contributed by atoms with van der Waals surface area (Å²) in [7, 11) is 0. The average molecular weight is 239 g/mol. The van der Waals surface area contributed by atoms with Gasteiger partial charge < -0.3 is 19.9 Å². The Morgan fingerprint density at radius 3 is 2.41 bits per heavy atom. The molecule has 1 rings (SSSR count). The Hall–Kier alpha value is -1.26. The molecule has 4 heteroatoms. The van der Waals surface area contributed by atoms with E-state index >= 15 is 0 Å². The zero-order chi connectivity index (χ0) is 12.7. The van der Waals surface area contributed by atoms with Crippen LogP contribution in [0.15, 0.2) is 18.2 Å². The maximum atomic E-state index is 5.82. The Bertz CT molecular complexity index is 335. The normalized spacial score (nSPS) is 10.8. The van der Waals surface area contributed by atoms with Crippen molar-refractivity contribution in [3.05, 3.63) is 23.8 Å². The van der Waals surface area contributed by atoms with Crippen molar-refractivity contribution in [2.75, 3.05) is 25.6 Å². The molecule has 0 radical (unpaired) electrons. The summed E-state index contributed by atoms with van der Waals surface area (Å²) < 4.78 is 16.4. The SMILES string of the molecule is CCOC(COc1cc(C)ccc1N)OCC. The highest BCUT2D eigenvalue weighted by atomic mass is 16.7. The Balaban J connectivity index is 2.55. The van der Waals surface area contributed by atoms with Crippen molar-refractivity contribution < 1.29 is 14.2 Å². The molecule has 2 N–H and O–H groups in total. The van der Waals surface area contributed by atoms with Crippen molar-refractivity contribution in [1.29, 1.82) is 0 Å². The van der Waals surface area contributed by atoms with Gasteiger partial charge in [0.2, 0.25) is 0 Å². The fourth-order valence-electron chi connectivity index (χ4n) is 1.44. The molecule has 1 aromatic rings. The molecule has 0 amide bonds. The van der Waals surface area contributed by atoms with Gasteiger partial charge in [0.15, 0.2) is 6.29 Å². The predicted molar refractivity (Wildman–Crippen MR) is 68.1 cm³/mol. The van der Waals surface area contributed by atoms with Crippen molar-refractivity contribution in [3.8, 4) is 5.75 Å². The lowest BCUT2D eigenvalue weighted by molar-refractivity contribution is -0.152. The monoisotopic (exact) mass is 239 g/mol. The second-order valence-electron chi connectivity index (χ2n) is 3.69. The average Bonchev–Trinajstić information content (AvgIpc) is 2.30. The molecule has 1 aromatic carbocycles. The first-order valence-electron chi connectivity index (χ1n) is 5.89. The fraction of sp³-hybridized carbons (Fsp3) is 0.538. The molecule has 0 aromatic heterocycles. The third-order valence-electron chi connectivity index (χ3n) is 2.25. The smallest absolute Gasteiger partial charge is 0.191 e. The minimum Gasteiger partial charge on any atom is -0.486 e. The highest BCUT2D eigenvalue weighted by Crippen LogP contribution is 2.22. The van der Waals surface area contributed by atoms with Crippen molar-refractivity contribution in [1.82, 2.24) is 0 Å². The van der Waals surface area contributed by atoms with E-state index in [1.54, 1.807) is 0 Å². The van der Waals surface area contributed by atoms with Crippen LogP contribution in [-0.2, 0) is 9.47 Å². The largest absolute Gasteiger partial charge is 0.486 e. The molecule has 0 saturated heterocycles. The number of hydrogen-bond donors (Lipinski definition) is 1. The number of ether oxygens (including phenoxy) is 3. The zero-order valence-electron chi connectivity index (χ0n) is 10.7. The Labute approximate surface area is 103 Å². The Morgan fingerprint density at radius 1 is 1.18 bits per heavy atom. The van der Waals surface area contributed by atoms with E-state index in [1.807, 2.05) is 39.0 Å². The van der Waals surface area contributed by atoms with E-state index in [0.717, 1.165) is 5.56 Å². The van der Waals surface area contributed by atoms with Gasteiger partial charge in [0.25, 0.3) is 0 Å². The van der Waals surface area contributed by atoms with Crippen LogP contribution in [0.25, 0.3) is 0 Å². The summed E-state index contributed by atoms with van der Waals surface area (Å²) in [4.78, 5) is 0. The summed E-state index contributed by atoms with van der Waals surface area (Å²) in [5.41, 5.74) is 7.55. The number of aryl methyl sites for hydroxylation is 1. The van der Waals surface area contributed by atoms with Crippen LogP contribution >= 0.6 is 0 Å². The number of nitrogen functional groups attached to an aromatic ring is 1. The van der Waals surface area contributed by atoms with E-state index in [0.29, 0.717) is 31.3 Å². The first-order valence-corrected chi connectivity index (χ1v) is 5.89. The second-order valence-corrected chi connectivity index (χ2v) is 3.69. The number of benzene rings is 1. The molecule has 0 atom stereocenters. The van der Waals surface area contributed by atoms with Crippen molar-refractivity contribution in [3.63, 3.8) is 0 Å². The van der Waals surface area contributed by atoms with Crippen LogP contribution in [0, 0.1) is 6.92 Å². The van der Waals surface area contributed by atoms with Gasteiger partial charge in [0.1, 0.15) is 12.4 Å². The Morgan fingerprint density at radius 2 is 1.82 bits per heavy atom. The molecule has 0 spiro atoms. The van der Waals surface area contributed by atoms with Crippen LogP contribution in [-0.4, -0.2) is 26.1 Å². The standard InChI is InChI=1S/C13H21NO3/c1-4-15-13(16-5-2)9-17-12-8-10(3)6-7-11(12)14/h6-8,13H,4-5,9,14H2,1-3H3. The van der Waals surface area contributed by atoms with E-state index in [4.69, 9.17) is 19.9 Å². The van der Waals surface area contributed by atoms with Gasteiger partial charge in [-0.1, -0.05) is 6.07 Å². The van der Waals surface area contributed by atoms with Crippen LogP contribution in [0.5, 0.6) is 5.75 Å². The van der Waals surface area contributed by atoms with Gasteiger partial charge in [0.05, 0.1) is 5.69 Å². The number of hydrogen-bond acceptors (Lipinski definition) is 4. The van der Waals surface area contributed by atoms with E-state index < -0.39 is 0 Å². The van der Waals surface area contributed by atoms with E-state index in [9.17, 15) is 0 Å². The third-order valence-corrected chi connectivity index (χ3v) is 2.25. The highest BCUT2D eigenvalue weighted by molar-refractivity contribution is 5.53. The summed E-state index contributed by atoms with van der Waals surface area (Å²) in [6.07, 6.45) is -0.343. The first-order chi connectivity index (χ1) is 8.17. The van der Waals surface area contributed by atoms with Gasteiger partial charge in [0, 0.05) is 13.2 Å². The van der Waals surface area contributed by atoms with Gasteiger partial charge in [-0.25, -0.2) is 0 Å². The van der Waals surface area contributed by atoms with Crippen molar-refractivity contribution >= 4 is 5.69 Å². The molecular formula is C13H21NO3. The van der Waals surface area contributed by atoms with Gasteiger partial charge in [-0.2, -0.15) is 0 Å². The number of anilines is 1. The fourth-order valence-corrected chi connectivity index (χ4v) is 1.44. The van der Waals surface area contributed by atoms with Crippen molar-refractivity contribution in [2.24, 2.45) is 0 Å². The maximum Gasteiger partial charge on any atom is 0.191 e. The first kappa shape index (κ1) is 13.8.